The molecule has 2 heteroatoms. The Morgan fingerprint density at radius 2 is 1.75 bits per heavy atom. The lowest BCUT2D eigenvalue weighted by Crippen LogP contribution is -2.46. The molecule has 2 aliphatic rings. The third kappa shape index (κ3) is 3.76. The van der Waals surface area contributed by atoms with Crippen LogP contribution in [0, 0.1) is 23.7 Å². The molecule has 0 spiro atoms. The van der Waals surface area contributed by atoms with E-state index in [2.05, 4.69) is 60.7 Å². The zero-order valence-corrected chi connectivity index (χ0v) is 14.0. The number of ether oxygens (including phenoxy) is 1. The molecule has 3 rings (SSSR count). The molecule has 0 N–H and O–H groups in total. The standard InChI is InChI=1S/C22H24O2/c1-24-22(23)16-21-19(18-14-8-9-15-20(18)21)13-7-3-6-12-17-10-4-2-5-11-17/h2-12,14-15,18-21H,13,16H2,1H3/b7-3+,12-6+/t18-,19+,20-,21-/m0/s1. The summed E-state index contributed by atoms with van der Waals surface area (Å²) in [6.45, 7) is 0. The number of hydrogen-bond acceptors (Lipinski definition) is 2. The molecule has 0 aromatic heterocycles. The van der Waals surface area contributed by atoms with Gasteiger partial charge in [0.2, 0.25) is 0 Å². The van der Waals surface area contributed by atoms with Crippen LogP contribution in [0.2, 0.25) is 0 Å². The number of fused-ring (bicyclic) bond motifs is 1. The van der Waals surface area contributed by atoms with E-state index in [-0.39, 0.29) is 5.97 Å². The van der Waals surface area contributed by atoms with Crippen LogP contribution in [0.25, 0.3) is 6.08 Å². The van der Waals surface area contributed by atoms with Crippen LogP contribution in [-0.2, 0) is 9.53 Å². The predicted octanol–water partition coefficient (Wildman–Crippen LogP) is 4.81. The van der Waals surface area contributed by atoms with Crippen LogP contribution in [0.5, 0.6) is 0 Å². The molecule has 0 unspecified atom stereocenters. The lowest BCUT2D eigenvalue weighted by Gasteiger charge is -2.50. The Balaban J connectivity index is 1.57. The number of carbonyl (C=O) groups is 1. The third-order valence-corrected chi connectivity index (χ3v) is 5.13. The van der Waals surface area contributed by atoms with Gasteiger partial charge in [-0.05, 0) is 35.7 Å². The highest BCUT2D eigenvalue weighted by Crippen LogP contribution is 2.52. The second-order valence-electron chi connectivity index (χ2n) is 6.47. The minimum atomic E-state index is -0.0978. The van der Waals surface area contributed by atoms with Crippen molar-refractivity contribution in [1.82, 2.24) is 0 Å². The maximum atomic E-state index is 11.7. The Morgan fingerprint density at radius 3 is 2.46 bits per heavy atom. The first kappa shape index (κ1) is 16.5. The number of esters is 1. The van der Waals surface area contributed by atoms with Crippen molar-refractivity contribution < 1.29 is 9.53 Å². The van der Waals surface area contributed by atoms with Crippen molar-refractivity contribution in [2.75, 3.05) is 7.11 Å². The van der Waals surface area contributed by atoms with Gasteiger partial charge in [0.15, 0.2) is 0 Å². The highest BCUT2D eigenvalue weighted by atomic mass is 16.5. The van der Waals surface area contributed by atoms with E-state index < -0.39 is 0 Å². The van der Waals surface area contributed by atoms with Crippen LogP contribution in [0.4, 0.5) is 0 Å². The van der Waals surface area contributed by atoms with Gasteiger partial charge in [0.25, 0.3) is 0 Å². The zero-order valence-electron chi connectivity index (χ0n) is 14.0. The lowest BCUT2D eigenvalue weighted by atomic mass is 9.53. The van der Waals surface area contributed by atoms with Crippen molar-refractivity contribution in [2.45, 2.75) is 12.8 Å². The van der Waals surface area contributed by atoms with E-state index in [0.29, 0.717) is 30.1 Å². The van der Waals surface area contributed by atoms with Crippen molar-refractivity contribution >= 4 is 12.0 Å². The normalized spacial score (nSPS) is 28.0. The van der Waals surface area contributed by atoms with Crippen LogP contribution >= 0.6 is 0 Å². The van der Waals surface area contributed by atoms with Crippen molar-refractivity contribution in [3.05, 3.63) is 78.4 Å². The number of methoxy groups -OCH3 is 1. The molecule has 0 heterocycles. The van der Waals surface area contributed by atoms with Gasteiger partial charge in [-0.1, -0.05) is 78.9 Å². The molecule has 124 valence electrons. The topological polar surface area (TPSA) is 26.3 Å². The molecule has 1 fully saturated rings. The van der Waals surface area contributed by atoms with Gasteiger partial charge in [-0.2, -0.15) is 0 Å². The summed E-state index contributed by atoms with van der Waals surface area (Å²) in [4.78, 5) is 11.7. The quantitative estimate of drug-likeness (QED) is 0.555. The maximum Gasteiger partial charge on any atom is 0.305 e. The van der Waals surface area contributed by atoms with Crippen molar-refractivity contribution in [3.63, 3.8) is 0 Å². The maximum absolute atomic E-state index is 11.7. The summed E-state index contributed by atoms with van der Waals surface area (Å²) in [5.41, 5.74) is 1.20. The first-order valence-corrected chi connectivity index (χ1v) is 8.59. The fourth-order valence-corrected chi connectivity index (χ4v) is 3.86. The van der Waals surface area contributed by atoms with Crippen LogP contribution in [0.3, 0.4) is 0 Å². The summed E-state index contributed by atoms with van der Waals surface area (Å²) in [7, 11) is 1.47. The molecule has 4 atom stereocenters. The SMILES string of the molecule is COC(=O)C[C@@H]1[C@H]2C=CC=C[C@H]2[C@H]1C/C=C/C=C/c1ccccc1. The van der Waals surface area contributed by atoms with E-state index in [1.165, 1.54) is 12.7 Å². The summed E-state index contributed by atoms with van der Waals surface area (Å²) in [5, 5.41) is 0. The molecule has 1 saturated carbocycles. The number of allylic oxidation sites excluding steroid dienone is 7. The molecule has 0 radical (unpaired) electrons. The minimum absolute atomic E-state index is 0.0978. The van der Waals surface area contributed by atoms with Crippen molar-refractivity contribution in [1.29, 1.82) is 0 Å². The average Bonchev–Trinajstić information content (AvgIpc) is 2.63. The molecule has 0 amide bonds. The molecule has 2 aliphatic carbocycles. The molecule has 0 saturated heterocycles. The fraction of sp³-hybridized carbons (Fsp3) is 0.318. The van der Waals surface area contributed by atoms with E-state index in [4.69, 9.17) is 4.74 Å². The van der Waals surface area contributed by atoms with Gasteiger partial charge >= 0.3 is 5.97 Å². The Labute approximate surface area is 144 Å². The number of rotatable bonds is 6. The van der Waals surface area contributed by atoms with E-state index in [0.717, 1.165) is 6.42 Å². The second-order valence-corrected chi connectivity index (χ2v) is 6.47. The van der Waals surface area contributed by atoms with E-state index >= 15 is 0 Å². The van der Waals surface area contributed by atoms with E-state index in [1.807, 2.05) is 18.2 Å². The molecule has 24 heavy (non-hydrogen) atoms. The highest BCUT2D eigenvalue weighted by molar-refractivity contribution is 5.70. The summed E-state index contributed by atoms with van der Waals surface area (Å²) in [6, 6.07) is 10.3. The Morgan fingerprint density at radius 1 is 1.04 bits per heavy atom. The van der Waals surface area contributed by atoms with Crippen molar-refractivity contribution in [3.8, 4) is 0 Å². The van der Waals surface area contributed by atoms with Crippen LogP contribution in [0.15, 0.2) is 72.9 Å². The zero-order chi connectivity index (χ0) is 16.8. The number of carbonyl (C=O) groups excluding carboxylic acids is 1. The molecule has 1 aromatic rings. The summed E-state index contributed by atoms with van der Waals surface area (Å²) in [6.07, 6.45) is 18.8. The molecule has 2 nitrogen and oxygen atoms in total. The molecular formula is C22H24O2. The average molecular weight is 320 g/mol. The van der Waals surface area contributed by atoms with Crippen LogP contribution < -0.4 is 0 Å². The van der Waals surface area contributed by atoms with Gasteiger partial charge in [-0.3, -0.25) is 4.79 Å². The third-order valence-electron chi connectivity index (χ3n) is 5.13. The van der Waals surface area contributed by atoms with Gasteiger partial charge in [-0.25, -0.2) is 0 Å². The lowest BCUT2D eigenvalue weighted by molar-refractivity contribution is -0.145. The first-order chi connectivity index (χ1) is 11.8. The summed E-state index contributed by atoms with van der Waals surface area (Å²) < 4.78 is 4.87. The van der Waals surface area contributed by atoms with Crippen LogP contribution in [-0.4, -0.2) is 13.1 Å². The molecular weight excluding hydrogens is 296 g/mol. The van der Waals surface area contributed by atoms with Gasteiger partial charge < -0.3 is 4.74 Å². The summed E-state index contributed by atoms with van der Waals surface area (Å²) >= 11 is 0. The summed E-state index contributed by atoms with van der Waals surface area (Å²) in [5.74, 6) is 1.88. The Bertz CT molecular complexity index is 666. The molecule has 0 bridgehead atoms. The van der Waals surface area contributed by atoms with Gasteiger partial charge in [-0.15, -0.1) is 0 Å². The number of benzene rings is 1. The number of hydrogen-bond donors (Lipinski definition) is 0. The molecule has 1 aromatic carbocycles. The smallest absolute Gasteiger partial charge is 0.305 e. The van der Waals surface area contributed by atoms with E-state index in [9.17, 15) is 4.79 Å². The Hall–Kier alpha value is -2.35. The van der Waals surface area contributed by atoms with Crippen LogP contribution in [0.1, 0.15) is 18.4 Å². The van der Waals surface area contributed by atoms with Gasteiger partial charge in [0.1, 0.15) is 0 Å². The molecule has 0 aliphatic heterocycles. The largest absolute Gasteiger partial charge is 0.469 e. The fourth-order valence-electron chi connectivity index (χ4n) is 3.86. The van der Waals surface area contributed by atoms with Crippen molar-refractivity contribution in [2.24, 2.45) is 23.7 Å². The highest BCUT2D eigenvalue weighted by Gasteiger charge is 2.48. The first-order valence-electron chi connectivity index (χ1n) is 8.59. The predicted molar refractivity (Wildman–Crippen MR) is 98.1 cm³/mol. The minimum Gasteiger partial charge on any atom is -0.469 e. The van der Waals surface area contributed by atoms with Gasteiger partial charge in [0, 0.05) is 6.42 Å². The Kier molecular flexibility index (Phi) is 5.47. The second kappa shape index (κ2) is 7.96. The monoisotopic (exact) mass is 320 g/mol. The van der Waals surface area contributed by atoms with Gasteiger partial charge in [0.05, 0.1) is 7.11 Å². The van der Waals surface area contributed by atoms with E-state index in [1.54, 1.807) is 0 Å².